The average molecular weight is 545 g/mol. The van der Waals surface area contributed by atoms with Crippen molar-refractivity contribution < 1.29 is 28.6 Å². The van der Waals surface area contributed by atoms with Gasteiger partial charge in [0.25, 0.3) is 0 Å². The standard InChI is InChI=1S/C23H21NO2.C9H15NO4/c1-26-22(25)21-17-24(21)23(18-11-5-2-6-12-18,19-13-7-3-8-14-19)20-15-9-4-10-16-20;1-9(2,3)14-8(12)10-5-6(10)7(11)13-4/h2-16,21H,17H2,1H3;6H,5H2,1-4H3/t21-,24?;6-,10?/m00/s1. The van der Waals surface area contributed by atoms with Gasteiger partial charge in [-0.2, -0.15) is 0 Å². The summed E-state index contributed by atoms with van der Waals surface area (Å²) >= 11 is 0. The van der Waals surface area contributed by atoms with Gasteiger partial charge in [-0.1, -0.05) is 91.0 Å². The molecule has 0 N–H and O–H groups in total. The van der Waals surface area contributed by atoms with E-state index in [1.165, 1.54) is 19.1 Å². The van der Waals surface area contributed by atoms with Gasteiger partial charge in [0.1, 0.15) is 11.6 Å². The molecule has 0 radical (unpaired) electrons. The summed E-state index contributed by atoms with van der Waals surface area (Å²) in [4.78, 5) is 38.1. The van der Waals surface area contributed by atoms with Gasteiger partial charge in [-0.25, -0.2) is 9.59 Å². The molecule has 2 heterocycles. The molecule has 1 unspecified atom stereocenters. The molecule has 0 aliphatic carbocycles. The first-order valence-electron chi connectivity index (χ1n) is 13.2. The van der Waals surface area contributed by atoms with E-state index in [2.05, 4.69) is 46.0 Å². The molecule has 2 fully saturated rings. The highest BCUT2D eigenvalue weighted by atomic mass is 16.6. The van der Waals surface area contributed by atoms with Crippen LogP contribution in [0.4, 0.5) is 4.79 Å². The number of nitrogens with zero attached hydrogens (tertiary/aromatic N) is 2. The van der Waals surface area contributed by atoms with Gasteiger partial charge in [0.2, 0.25) is 0 Å². The third kappa shape index (κ3) is 6.18. The van der Waals surface area contributed by atoms with Crippen LogP contribution in [0.5, 0.6) is 0 Å². The summed E-state index contributed by atoms with van der Waals surface area (Å²) < 4.78 is 14.6. The zero-order valence-electron chi connectivity index (χ0n) is 23.6. The molecule has 3 aromatic carbocycles. The summed E-state index contributed by atoms with van der Waals surface area (Å²) in [6, 6.07) is 30.4. The van der Waals surface area contributed by atoms with Crippen molar-refractivity contribution in [1.29, 1.82) is 0 Å². The Balaban J connectivity index is 0.000000224. The van der Waals surface area contributed by atoms with E-state index in [-0.39, 0.29) is 12.0 Å². The molecule has 0 bridgehead atoms. The lowest BCUT2D eigenvalue weighted by Gasteiger charge is -2.38. The van der Waals surface area contributed by atoms with Gasteiger partial charge in [-0.3, -0.25) is 14.6 Å². The largest absolute Gasteiger partial charge is 0.468 e. The van der Waals surface area contributed by atoms with Crippen LogP contribution in [0.3, 0.4) is 0 Å². The van der Waals surface area contributed by atoms with Crippen LogP contribution >= 0.6 is 0 Å². The molecule has 8 heteroatoms. The minimum absolute atomic E-state index is 0.183. The smallest absolute Gasteiger partial charge is 0.411 e. The highest BCUT2D eigenvalue weighted by molar-refractivity contribution is 5.86. The summed E-state index contributed by atoms with van der Waals surface area (Å²) in [5.41, 5.74) is 2.37. The van der Waals surface area contributed by atoms with Gasteiger partial charge in [-0.15, -0.1) is 0 Å². The van der Waals surface area contributed by atoms with Crippen molar-refractivity contribution in [2.75, 3.05) is 27.3 Å². The second-order valence-electron chi connectivity index (χ2n) is 10.7. The van der Waals surface area contributed by atoms with E-state index in [0.29, 0.717) is 13.1 Å². The molecule has 2 aliphatic rings. The Morgan fingerprint density at radius 2 is 1.05 bits per heavy atom. The van der Waals surface area contributed by atoms with E-state index in [4.69, 9.17) is 9.47 Å². The number of methoxy groups -OCH3 is 2. The molecule has 2 saturated heterocycles. The molecule has 1 amide bonds. The molecule has 5 rings (SSSR count). The van der Waals surface area contributed by atoms with Crippen molar-refractivity contribution in [3.05, 3.63) is 108 Å². The fourth-order valence-electron chi connectivity index (χ4n) is 4.88. The Morgan fingerprint density at radius 1 is 0.650 bits per heavy atom. The number of benzene rings is 3. The quantitative estimate of drug-likeness (QED) is 0.194. The lowest BCUT2D eigenvalue weighted by molar-refractivity contribution is -0.141. The molecule has 0 spiro atoms. The van der Waals surface area contributed by atoms with Crippen molar-refractivity contribution in [3.63, 3.8) is 0 Å². The summed E-state index contributed by atoms with van der Waals surface area (Å²) in [6.45, 7) is 6.40. The van der Waals surface area contributed by atoms with Crippen LogP contribution in [-0.4, -0.2) is 72.8 Å². The van der Waals surface area contributed by atoms with Crippen LogP contribution in [0.2, 0.25) is 0 Å². The molecular weight excluding hydrogens is 508 g/mol. The minimum Gasteiger partial charge on any atom is -0.468 e. The highest BCUT2D eigenvalue weighted by Gasteiger charge is 2.56. The number of amides is 1. The predicted molar refractivity (Wildman–Crippen MR) is 150 cm³/mol. The Kier molecular flexibility index (Phi) is 8.59. The molecule has 0 aromatic heterocycles. The monoisotopic (exact) mass is 544 g/mol. The van der Waals surface area contributed by atoms with Gasteiger partial charge in [0.05, 0.1) is 26.3 Å². The average Bonchev–Trinajstić information content (AvgIpc) is 3.89. The maximum atomic E-state index is 12.3. The predicted octanol–water partition coefficient (Wildman–Crippen LogP) is 4.61. The van der Waals surface area contributed by atoms with E-state index >= 15 is 0 Å². The zero-order valence-corrected chi connectivity index (χ0v) is 23.6. The fraction of sp³-hybridized carbons (Fsp3) is 0.344. The molecular formula is C32H36N2O6. The van der Waals surface area contributed by atoms with E-state index in [9.17, 15) is 14.4 Å². The first kappa shape index (κ1) is 28.8. The second kappa shape index (κ2) is 11.9. The molecule has 40 heavy (non-hydrogen) atoms. The summed E-state index contributed by atoms with van der Waals surface area (Å²) in [7, 11) is 2.75. The van der Waals surface area contributed by atoms with Crippen LogP contribution < -0.4 is 0 Å². The SMILES string of the molecule is COC(=O)[C@@H]1CN1C(=O)OC(C)(C)C.COC(=O)[C@@H]1CN1C(c1ccccc1)(c1ccccc1)c1ccccc1. The Hall–Kier alpha value is -4.17. The Morgan fingerprint density at radius 3 is 1.43 bits per heavy atom. The van der Waals surface area contributed by atoms with Crippen molar-refractivity contribution in [3.8, 4) is 0 Å². The maximum Gasteiger partial charge on any atom is 0.411 e. The van der Waals surface area contributed by atoms with Gasteiger partial charge < -0.3 is 14.2 Å². The van der Waals surface area contributed by atoms with Gasteiger partial charge in [0, 0.05) is 6.54 Å². The minimum atomic E-state index is -0.527. The fourth-order valence-corrected chi connectivity index (χ4v) is 4.88. The van der Waals surface area contributed by atoms with Crippen molar-refractivity contribution in [2.24, 2.45) is 0 Å². The van der Waals surface area contributed by atoms with Gasteiger partial charge >= 0.3 is 18.0 Å². The summed E-state index contributed by atoms with van der Waals surface area (Å²) in [5.74, 6) is -0.576. The third-order valence-corrected chi connectivity index (χ3v) is 6.80. The summed E-state index contributed by atoms with van der Waals surface area (Å²) in [5, 5.41) is 0. The molecule has 3 atom stereocenters. The lowest BCUT2D eigenvalue weighted by Crippen LogP contribution is -2.40. The van der Waals surface area contributed by atoms with Gasteiger partial charge in [0.15, 0.2) is 6.04 Å². The Labute approximate surface area is 235 Å². The second-order valence-corrected chi connectivity index (χ2v) is 10.7. The number of rotatable bonds is 6. The van der Waals surface area contributed by atoms with E-state index < -0.39 is 29.2 Å². The normalized spacial score (nSPS) is 19.4. The molecule has 8 nitrogen and oxygen atoms in total. The Bertz CT molecular complexity index is 1210. The number of hydrogen-bond acceptors (Lipinski definition) is 7. The van der Waals surface area contributed by atoms with E-state index in [1.54, 1.807) is 20.8 Å². The van der Waals surface area contributed by atoms with Crippen molar-refractivity contribution >= 4 is 18.0 Å². The maximum absolute atomic E-state index is 12.3. The number of ether oxygens (including phenoxy) is 3. The molecule has 0 saturated carbocycles. The van der Waals surface area contributed by atoms with Crippen LogP contribution in [0, 0.1) is 0 Å². The molecule has 3 aromatic rings. The number of esters is 2. The van der Waals surface area contributed by atoms with Gasteiger partial charge in [-0.05, 0) is 37.5 Å². The number of hydrogen-bond donors (Lipinski definition) is 0. The molecule has 210 valence electrons. The third-order valence-electron chi connectivity index (χ3n) is 6.80. The van der Waals surface area contributed by atoms with Crippen LogP contribution in [0.15, 0.2) is 91.0 Å². The van der Waals surface area contributed by atoms with E-state index in [1.807, 2.05) is 54.6 Å². The zero-order chi connectivity index (χ0) is 28.9. The first-order chi connectivity index (χ1) is 19.1. The van der Waals surface area contributed by atoms with E-state index in [0.717, 1.165) is 16.7 Å². The van der Waals surface area contributed by atoms with Crippen molar-refractivity contribution in [2.45, 2.75) is 44.0 Å². The lowest BCUT2D eigenvalue weighted by atomic mass is 9.76. The molecule has 2 aliphatic heterocycles. The van der Waals surface area contributed by atoms with Crippen LogP contribution in [0.25, 0.3) is 0 Å². The van der Waals surface area contributed by atoms with Crippen LogP contribution in [-0.2, 0) is 29.3 Å². The van der Waals surface area contributed by atoms with Crippen LogP contribution in [0.1, 0.15) is 37.5 Å². The first-order valence-corrected chi connectivity index (χ1v) is 13.2. The highest BCUT2D eigenvalue weighted by Crippen LogP contribution is 2.48. The van der Waals surface area contributed by atoms with Crippen molar-refractivity contribution in [1.82, 2.24) is 9.80 Å². The summed E-state index contributed by atoms with van der Waals surface area (Å²) in [6.07, 6.45) is -0.465. The number of carbonyl (C=O) groups is 3. The topological polar surface area (TPSA) is 84.9 Å². The number of carbonyl (C=O) groups excluding carboxylic acids is 3.